The average molecular weight is 340 g/mol. The summed E-state index contributed by atoms with van der Waals surface area (Å²) >= 11 is 5.99. The van der Waals surface area contributed by atoms with E-state index >= 15 is 0 Å². The monoisotopic (exact) mass is 339 g/mol. The van der Waals surface area contributed by atoms with Gasteiger partial charge in [0.1, 0.15) is 0 Å². The maximum absolute atomic E-state index is 12.6. The van der Waals surface area contributed by atoms with Crippen LogP contribution in [0.3, 0.4) is 0 Å². The third kappa shape index (κ3) is 4.48. The molecule has 124 valence electrons. The molecule has 0 aromatic heterocycles. The first-order valence-corrected chi connectivity index (χ1v) is 8.88. The number of hydrogen-bond acceptors (Lipinski definition) is 1. The molecule has 3 heteroatoms. The molecule has 0 radical (unpaired) electrons. The van der Waals surface area contributed by atoms with Crippen LogP contribution in [0.25, 0.3) is 6.08 Å². The number of carbonyl (C=O) groups is 1. The van der Waals surface area contributed by atoms with Crippen LogP contribution in [0, 0.1) is 0 Å². The van der Waals surface area contributed by atoms with Crippen molar-refractivity contribution in [2.24, 2.45) is 0 Å². The Bertz CT molecular complexity index is 694. The molecular weight excluding hydrogens is 318 g/mol. The number of likely N-dealkylation sites (tertiary alicyclic amines) is 1. The molecule has 0 bridgehead atoms. The summed E-state index contributed by atoms with van der Waals surface area (Å²) in [5.41, 5.74) is 2.32. The second kappa shape index (κ2) is 8.16. The fourth-order valence-corrected chi connectivity index (χ4v) is 3.31. The zero-order chi connectivity index (χ0) is 16.8. The van der Waals surface area contributed by atoms with Crippen LogP contribution in [0.4, 0.5) is 0 Å². The second-order valence-corrected chi connectivity index (χ2v) is 6.71. The van der Waals surface area contributed by atoms with E-state index in [1.807, 2.05) is 53.4 Å². The Morgan fingerprint density at radius 3 is 2.54 bits per heavy atom. The van der Waals surface area contributed by atoms with E-state index in [9.17, 15) is 4.79 Å². The minimum Gasteiger partial charge on any atom is -0.339 e. The topological polar surface area (TPSA) is 20.3 Å². The number of nitrogens with zero attached hydrogens (tertiary/aromatic N) is 1. The van der Waals surface area contributed by atoms with Gasteiger partial charge in [0.15, 0.2) is 0 Å². The summed E-state index contributed by atoms with van der Waals surface area (Å²) in [4.78, 5) is 14.6. The minimum atomic E-state index is 0.0970. The second-order valence-electron chi connectivity index (χ2n) is 6.27. The van der Waals surface area contributed by atoms with Gasteiger partial charge in [0.05, 0.1) is 0 Å². The molecule has 1 aliphatic heterocycles. The van der Waals surface area contributed by atoms with Crippen molar-refractivity contribution < 1.29 is 4.79 Å². The highest BCUT2D eigenvalue weighted by molar-refractivity contribution is 6.30. The van der Waals surface area contributed by atoms with Gasteiger partial charge < -0.3 is 4.90 Å². The Hall–Kier alpha value is -2.06. The van der Waals surface area contributed by atoms with E-state index in [4.69, 9.17) is 11.6 Å². The smallest absolute Gasteiger partial charge is 0.246 e. The lowest BCUT2D eigenvalue weighted by molar-refractivity contribution is -0.126. The first-order chi connectivity index (χ1) is 11.7. The van der Waals surface area contributed by atoms with Crippen molar-refractivity contribution in [2.45, 2.75) is 25.2 Å². The summed E-state index contributed by atoms with van der Waals surface area (Å²) in [6.45, 7) is 1.61. The van der Waals surface area contributed by atoms with Crippen molar-refractivity contribution in [3.63, 3.8) is 0 Å². The number of amides is 1. The third-order valence-electron chi connectivity index (χ3n) is 4.54. The van der Waals surface area contributed by atoms with E-state index in [0.29, 0.717) is 5.92 Å². The summed E-state index contributed by atoms with van der Waals surface area (Å²) in [6.07, 6.45) is 6.92. The van der Waals surface area contributed by atoms with Crippen molar-refractivity contribution >= 4 is 23.6 Å². The van der Waals surface area contributed by atoms with E-state index in [0.717, 1.165) is 42.9 Å². The molecule has 1 saturated heterocycles. The SMILES string of the molecule is O=C(/C=C/c1ccccc1)N1CCCCC(c2ccc(Cl)cc2)C1. The Labute approximate surface area is 148 Å². The van der Waals surface area contributed by atoms with Crippen LogP contribution >= 0.6 is 11.6 Å². The molecule has 1 amide bonds. The van der Waals surface area contributed by atoms with Crippen molar-refractivity contribution in [1.82, 2.24) is 4.90 Å². The maximum atomic E-state index is 12.6. The molecule has 0 spiro atoms. The molecule has 2 aromatic rings. The number of halogens is 1. The van der Waals surface area contributed by atoms with E-state index in [2.05, 4.69) is 12.1 Å². The highest BCUT2D eigenvalue weighted by Crippen LogP contribution is 2.27. The number of rotatable bonds is 3. The van der Waals surface area contributed by atoms with Crippen molar-refractivity contribution in [2.75, 3.05) is 13.1 Å². The Kier molecular flexibility index (Phi) is 5.71. The van der Waals surface area contributed by atoms with E-state index in [-0.39, 0.29) is 5.91 Å². The average Bonchev–Trinajstić information content (AvgIpc) is 2.87. The van der Waals surface area contributed by atoms with Gasteiger partial charge in [-0.1, -0.05) is 60.5 Å². The van der Waals surface area contributed by atoms with Gasteiger partial charge in [0.2, 0.25) is 5.91 Å². The number of carbonyl (C=O) groups excluding carboxylic acids is 1. The predicted octanol–water partition coefficient (Wildman–Crippen LogP) is 5.15. The number of hydrogen-bond donors (Lipinski definition) is 0. The maximum Gasteiger partial charge on any atom is 0.246 e. The molecule has 0 saturated carbocycles. The molecule has 1 atom stereocenters. The van der Waals surface area contributed by atoms with Gasteiger partial charge in [-0.15, -0.1) is 0 Å². The van der Waals surface area contributed by atoms with E-state index < -0.39 is 0 Å². The van der Waals surface area contributed by atoms with Crippen LogP contribution in [0.15, 0.2) is 60.7 Å². The largest absolute Gasteiger partial charge is 0.339 e. The number of benzene rings is 2. The fourth-order valence-electron chi connectivity index (χ4n) is 3.19. The molecule has 1 unspecified atom stereocenters. The molecule has 0 aliphatic carbocycles. The van der Waals surface area contributed by atoms with Crippen LogP contribution in [0.5, 0.6) is 0 Å². The van der Waals surface area contributed by atoms with Crippen molar-refractivity contribution in [3.05, 3.63) is 76.8 Å². The van der Waals surface area contributed by atoms with E-state index in [1.54, 1.807) is 6.08 Å². The van der Waals surface area contributed by atoms with Crippen LogP contribution in [-0.4, -0.2) is 23.9 Å². The first-order valence-electron chi connectivity index (χ1n) is 8.50. The normalized spacial score (nSPS) is 18.5. The molecule has 1 heterocycles. The Morgan fingerprint density at radius 2 is 1.79 bits per heavy atom. The highest BCUT2D eigenvalue weighted by Gasteiger charge is 2.21. The third-order valence-corrected chi connectivity index (χ3v) is 4.79. The first kappa shape index (κ1) is 16.8. The van der Waals surface area contributed by atoms with Crippen LogP contribution in [-0.2, 0) is 4.79 Å². The van der Waals surface area contributed by atoms with Crippen molar-refractivity contribution in [3.8, 4) is 0 Å². The van der Waals surface area contributed by atoms with Gasteiger partial charge in [-0.05, 0) is 42.2 Å². The molecule has 1 fully saturated rings. The summed E-state index contributed by atoms with van der Waals surface area (Å²) in [6, 6.07) is 18.0. The quantitative estimate of drug-likeness (QED) is 0.708. The molecule has 1 aliphatic rings. The molecule has 2 nitrogen and oxygen atoms in total. The lowest BCUT2D eigenvalue weighted by Gasteiger charge is -2.23. The Morgan fingerprint density at radius 1 is 1.04 bits per heavy atom. The van der Waals surface area contributed by atoms with E-state index in [1.165, 1.54) is 5.56 Å². The Balaban J connectivity index is 1.69. The predicted molar refractivity (Wildman–Crippen MR) is 100 cm³/mol. The highest BCUT2D eigenvalue weighted by atomic mass is 35.5. The molecule has 3 rings (SSSR count). The fraction of sp³-hybridized carbons (Fsp3) is 0.286. The molecule has 24 heavy (non-hydrogen) atoms. The lowest BCUT2D eigenvalue weighted by Crippen LogP contribution is -2.32. The summed E-state index contributed by atoms with van der Waals surface area (Å²) in [7, 11) is 0. The summed E-state index contributed by atoms with van der Waals surface area (Å²) < 4.78 is 0. The van der Waals surface area contributed by atoms with Crippen molar-refractivity contribution in [1.29, 1.82) is 0 Å². The van der Waals surface area contributed by atoms with Gasteiger partial charge in [0.25, 0.3) is 0 Å². The van der Waals surface area contributed by atoms with Gasteiger partial charge in [0, 0.05) is 30.1 Å². The van der Waals surface area contributed by atoms with Gasteiger partial charge in [-0.25, -0.2) is 0 Å². The molecular formula is C21H22ClNO. The van der Waals surface area contributed by atoms with Crippen LogP contribution in [0.1, 0.15) is 36.3 Å². The summed E-state index contributed by atoms with van der Waals surface area (Å²) in [5.74, 6) is 0.485. The zero-order valence-corrected chi connectivity index (χ0v) is 14.5. The van der Waals surface area contributed by atoms with Gasteiger partial charge >= 0.3 is 0 Å². The van der Waals surface area contributed by atoms with Crippen LogP contribution < -0.4 is 0 Å². The minimum absolute atomic E-state index is 0.0970. The standard InChI is InChI=1S/C21H22ClNO/c22-20-12-10-18(11-13-20)19-8-4-5-15-23(16-19)21(24)14-9-17-6-2-1-3-7-17/h1-3,6-7,9-14,19H,4-5,8,15-16H2/b14-9+. The molecule has 2 aromatic carbocycles. The van der Waals surface area contributed by atoms with Gasteiger partial charge in [-0.2, -0.15) is 0 Å². The molecule has 0 N–H and O–H groups in total. The van der Waals surface area contributed by atoms with Gasteiger partial charge in [-0.3, -0.25) is 4.79 Å². The zero-order valence-electron chi connectivity index (χ0n) is 13.7. The lowest BCUT2D eigenvalue weighted by atomic mass is 9.94. The summed E-state index contributed by atoms with van der Waals surface area (Å²) in [5, 5.41) is 0.756. The van der Waals surface area contributed by atoms with Crippen LogP contribution in [0.2, 0.25) is 5.02 Å².